The summed E-state index contributed by atoms with van der Waals surface area (Å²) in [7, 11) is 5.14. The molecule has 0 radical (unpaired) electrons. The molecular weight excluding hydrogens is 354 g/mol. The van der Waals surface area contributed by atoms with Gasteiger partial charge in [-0.2, -0.15) is 0 Å². The van der Waals surface area contributed by atoms with Crippen LogP contribution in [0.5, 0.6) is 11.5 Å². The molecule has 0 aliphatic carbocycles. The van der Waals surface area contributed by atoms with Gasteiger partial charge in [-0.25, -0.2) is 4.98 Å². The predicted octanol–water partition coefficient (Wildman–Crippen LogP) is 3.30. The molecule has 0 N–H and O–H groups in total. The van der Waals surface area contributed by atoms with Crippen LogP contribution in [-0.4, -0.2) is 41.1 Å². The second kappa shape index (κ2) is 7.38. The van der Waals surface area contributed by atoms with Crippen LogP contribution >= 0.6 is 0 Å². The quantitative estimate of drug-likeness (QED) is 0.700. The Kier molecular flexibility index (Phi) is 4.77. The fraction of sp³-hybridized carbons (Fsp3) is 0.273. The Morgan fingerprint density at radius 3 is 2.39 bits per heavy atom. The van der Waals surface area contributed by atoms with Crippen molar-refractivity contribution in [2.24, 2.45) is 7.05 Å². The lowest BCUT2D eigenvalue weighted by atomic mass is 9.98. The summed E-state index contributed by atoms with van der Waals surface area (Å²) in [6.45, 7) is 1.20. The largest absolute Gasteiger partial charge is 0.493 e. The Morgan fingerprint density at radius 1 is 1.04 bits per heavy atom. The number of imidazole rings is 1. The normalized spacial score (nSPS) is 13.2. The molecule has 0 spiro atoms. The van der Waals surface area contributed by atoms with Crippen molar-refractivity contribution in [1.29, 1.82) is 0 Å². The van der Waals surface area contributed by atoms with Crippen LogP contribution in [0, 0.1) is 0 Å². The second-order valence-corrected chi connectivity index (χ2v) is 6.84. The van der Waals surface area contributed by atoms with Gasteiger partial charge in [0.25, 0.3) is 5.91 Å². The lowest BCUT2D eigenvalue weighted by Crippen LogP contribution is -2.36. The van der Waals surface area contributed by atoms with Crippen LogP contribution in [0.2, 0.25) is 0 Å². The van der Waals surface area contributed by atoms with Gasteiger partial charge in [0.1, 0.15) is 11.5 Å². The van der Waals surface area contributed by atoms with E-state index in [0.717, 1.165) is 29.1 Å². The third-order valence-corrected chi connectivity index (χ3v) is 5.24. The number of carbonyl (C=O) groups excluding carboxylic acids is 1. The van der Waals surface area contributed by atoms with Crippen molar-refractivity contribution in [3.63, 3.8) is 0 Å². The summed E-state index contributed by atoms with van der Waals surface area (Å²) in [6, 6.07) is 13.9. The van der Waals surface area contributed by atoms with Gasteiger partial charge in [0, 0.05) is 25.7 Å². The Hall–Kier alpha value is -3.28. The number of rotatable bonds is 4. The van der Waals surface area contributed by atoms with E-state index in [4.69, 9.17) is 9.47 Å². The number of aromatic nitrogens is 2. The van der Waals surface area contributed by atoms with Gasteiger partial charge >= 0.3 is 0 Å². The molecule has 0 atom stereocenters. The van der Waals surface area contributed by atoms with Crippen LogP contribution < -0.4 is 9.47 Å². The summed E-state index contributed by atoms with van der Waals surface area (Å²) in [6.07, 6.45) is 2.44. The van der Waals surface area contributed by atoms with Crippen molar-refractivity contribution in [2.45, 2.75) is 13.0 Å². The molecule has 2 heterocycles. The average Bonchev–Trinajstić information content (AvgIpc) is 3.13. The van der Waals surface area contributed by atoms with Gasteiger partial charge < -0.3 is 18.9 Å². The van der Waals surface area contributed by atoms with Gasteiger partial charge in [0.05, 0.1) is 20.4 Å². The minimum Gasteiger partial charge on any atom is -0.493 e. The van der Waals surface area contributed by atoms with Gasteiger partial charge in [-0.1, -0.05) is 30.3 Å². The monoisotopic (exact) mass is 377 g/mol. The zero-order valence-corrected chi connectivity index (χ0v) is 16.3. The first-order valence-corrected chi connectivity index (χ1v) is 9.22. The number of amides is 1. The molecule has 1 amide bonds. The highest BCUT2D eigenvalue weighted by molar-refractivity contribution is 5.93. The molecule has 2 aromatic carbocycles. The van der Waals surface area contributed by atoms with E-state index in [2.05, 4.69) is 4.98 Å². The molecule has 1 aromatic heterocycles. The van der Waals surface area contributed by atoms with Crippen LogP contribution in [0.4, 0.5) is 0 Å². The Balaban J connectivity index is 1.60. The maximum Gasteiger partial charge on any atom is 0.272 e. The molecule has 3 aromatic rings. The van der Waals surface area contributed by atoms with E-state index < -0.39 is 0 Å². The molecule has 0 saturated heterocycles. The third-order valence-electron chi connectivity index (χ3n) is 5.24. The van der Waals surface area contributed by atoms with E-state index in [9.17, 15) is 4.79 Å². The number of fused-ring (bicyclic) bond motifs is 1. The van der Waals surface area contributed by atoms with E-state index in [1.165, 1.54) is 5.56 Å². The van der Waals surface area contributed by atoms with Crippen molar-refractivity contribution in [1.82, 2.24) is 14.5 Å². The maximum absolute atomic E-state index is 13.2. The highest BCUT2D eigenvalue weighted by Gasteiger charge is 2.26. The SMILES string of the molecule is COc1cc2c(cc1OC)CN(C(=O)c1cnc(-c3ccccc3)n1C)CC2. The van der Waals surface area contributed by atoms with Gasteiger partial charge in [-0.05, 0) is 29.7 Å². The number of methoxy groups -OCH3 is 2. The summed E-state index contributed by atoms with van der Waals surface area (Å²) in [5.74, 6) is 2.17. The van der Waals surface area contributed by atoms with E-state index in [-0.39, 0.29) is 5.91 Å². The fourth-order valence-electron chi connectivity index (χ4n) is 3.68. The zero-order chi connectivity index (χ0) is 19.7. The first-order valence-electron chi connectivity index (χ1n) is 9.22. The number of hydrogen-bond acceptors (Lipinski definition) is 4. The first kappa shape index (κ1) is 18.1. The molecule has 0 saturated carbocycles. The predicted molar refractivity (Wildman–Crippen MR) is 107 cm³/mol. The summed E-state index contributed by atoms with van der Waals surface area (Å²) < 4.78 is 12.7. The van der Waals surface area contributed by atoms with E-state index >= 15 is 0 Å². The van der Waals surface area contributed by atoms with Crippen LogP contribution in [0.1, 0.15) is 21.6 Å². The Morgan fingerprint density at radius 2 is 1.71 bits per heavy atom. The third kappa shape index (κ3) is 3.11. The molecule has 6 nitrogen and oxygen atoms in total. The fourth-order valence-corrected chi connectivity index (χ4v) is 3.68. The molecule has 4 rings (SSSR count). The van der Waals surface area contributed by atoms with Crippen LogP contribution in [-0.2, 0) is 20.0 Å². The summed E-state index contributed by atoms with van der Waals surface area (Å²) in [5.41, 5.74) is 3.85. The van der Waals surface area contributed by atoms with Crippen LogP contribution in [0.25, 0.3) is 11.4 Å². The molecule has 0 unspecified atom stereocenters. The van der Waals surface area contributed by atoms with Gasteiger partial charge in [0.15, 0.2) is 11.5 Å². The molecule has 1 aliphatic heterocycles. The Bertz CT molecular complexity index is 1010. The highest BCUT2D eigenvalue weighted by atomic mass is 16.5. The molecule has 1 aliphatic rings. The summed E-state index contributed by atoms with van der Waals surface area (Å²) in [5, 5.41) is 0. The van der Waals surface area contributed by atoms with Crippen molar-refractivity contribution in [3.8, 4) is 22.9 Å². The molecule has 144 valence electrons. The van der Waals surface area contributed by atoms with Gasteiger partial charge in [-0.3, -0.25) is 4.79 Å². The molecule has 0 bridgehead atoms. The maximum atomic E-state index is 13.2. The number of benzene rings is 2. The van der Waals surface area contributed by atoms with Gasteiger partial charge in [0.2, 0.25) is 0 Å². The number of carbonyl (C=O) groups is 1. The van der Waals surface area contributed by atoms with Crippen molar-refractivity contribution < 1.29 is 14.3 Å². The van der Waals surface area contributed by atoms with Gasteiger partial charge in [-0.15, -0.1) is 0 Å². The number of hydrogen-bond donors (Lipinski definition) is 0. The van der Waals surface area contributed by atoms with E-state index in [0.29, 0.717) is 24.5 Å². The molecule has 6 heteroatoms. The molecule has 0 fully saturated rings. The van der Waals surface area contributed by atoms with Crippen molar-refractivity contribution >= 4 is 5.91 Å². The summed E-state index contributed by atoms with van der Waals surface area (Å²) >= 11 is 0. The standard InChI is InChI=1S/C22H23N3O3/c1-24-18(13-23-21(24)15-7-5-4-6-8-15)22(26)25-10-9-16-11-19(27-2)20(28-3)12-17(16)14-25/h4-8,11-13H,9-10,14H2,1-3H3. The lowest BCUT2D eigenvalue weighted by Gasteiger charge is -2.29. The van der Waals surface area contributed by atoms with Crippen LogP contribution in [0.15, 0.2) is 48.7 Å². The Labute approximate surface area is 164 Å². The van der Waals surface area contributed by atoms with Crippen molar-refractivity contribution in [3.05, 3.63) is 65.5 Å². The number of ether oxygens (including phenoxy) is 2. The first-order chi connectivity index (χ1) is 13.6. The number of nitrogens with zero attached hydrogens (tertiary/aromatic N) is 3. The van der Waals surface area contributed by atoms with E-state index in [1.54, 1.807) is 20.4 Å². The molecular formula is C22H23N3O3. The van der Waals surface area contributed by atoms with Crippen LogP contribution in [0.3, 0.4) is 0 Å². The summed E-state index contributed by atoms with van der Waals surface area (Å²) in [4.78, 5) is 19.5. The highest BCUT2D eigenvalue weighted by Crippen LogP contribution is 2.33. The average molecular weight is 377 g/mol. The van der Waals surface area contributed by atoms with E-state index in [1.807, 2.05) is 59.0 Å². The minimum atomic E-state index is -0.0161. The smallest absolute Gasteiger partial charge is 0.272 e. The minimum absolute atomic E-state index is 0.0161. The second-order valence-electron chi connectivity index (χ2n) is 6.84. The lowest BCUT2D eigenvalue weighted by molar-refractivity contribution is 0.0725. The van der Waals surface area contributed by atoms with Crippen molar-refractivity contribution in [2.75, 3.05) is 20.8 Å². The zero-order valence-electron chi connectivity index (χ0n) is 16.3. The topological polar surface area (TPSA) is 56.6 Å². The molecule has 28 heavy (non-hydrogen) atoms.